The van der Waals surface area contributed by atoms with E-state index < -0.39 is 12.1 Å². The predicted molar refractivity (Wildman–Crippen MR) is 78.6 cm³/mol. The highest BCUT2D eigenvalue weighted by Gasteiger charge is 2.33. The Balaban J connectivity index is 2.79. The Hall–Kier alpha value is -1.62. The summed E-state index contributed by atoms with van der Waals surface area (Å²) in [6.07, 6.45) is 1.37. The van der Waals surface area contributed by atoms with Crippen LogP contribution in [0.3, 0.4) is 0 Å². The summed E-state index contributed by atoms with van der Waals surface area (Å²) in [5, 5.41) is 2.86. The minimum Gasteiger partial charge on any atom is -0.491 e. The summed E-state index contributed by atoms with van der Waals surface area (Å²) >= 11 is 0. The van der Waals surface area contributed by atoms with Crippen LogP contribution in [0.4, 0.5) is 10.1 Å². The lowest BCUT2D eigenvalue weighted by molar-refractivity contribution is -0.125. The molecule has 112 valence electrons. The molecule has 0 atom stereocenters. The minimum atomic E-state index is -0.546. The SMILES string of the molecule is CCC(CC)(CN)C(=O)Nc1cccc(OCCF)c1. The number of hydrogen-bond donors (Lipinski definition) is 2. The average Bonchev–Trinajstić information content (AvgIpc) is 2.48. The van der Waals surface area contributed by atoms with E-state index >= 15 is 0 Å². The first-order valence-corrected chi connectivity index (χ1v) is 6.92. The van der Waals surface area contributed by atoms with Crippen molar-refractivity contribution < 1.29 is 13.9 Å². The number of anilines is 1. The molecule has 4 nitrogen and oxygen atoms in total. The molecule has 0 unspecified atom stereocenters. The minimum absolute atomic E-state index is 0.00799. The van der Waals surface area contributed by atoms with Gasteiger partial charge in [0.25, 0.3) is 0 Å². The van der Waals surface area contributed by atoms with Gasteiger partial charge in [0.05, 0.1) is 5.41 Å². The molecule has 0 saturated carbocycles. The van der Waals surface area contributed by atoms with Crippen LogP contribution in [0.25, 0.3) is 0 Å². The van der Waals surface area contributed by atoms with Crippen LogP contribution in [0.15, 0.2) is 24.3 Å². The van der Waals surface area contributed by atoms with E-state index in [0.29, 0.717) is 30.8 Å². The number of rotatable bonds is 8. The summed E-state index contributed by atoms with van der Waals surface area (Å²) in [7, 11) is 0. The van der Waals surface area contributed by atoms with Crippen molar-refractivity contribution in [3.63, 3.8) is 0 Å². The van der Waals surface area contributed by atoms with Gasteiger partial charge in [0, 0.05) is 18.3 Å². The van der Waals surface area contributed by atoms with Crippen molar-refractivity contribution in [3.8, 4) is 5.75 Å². The van der Waals surface area contributed by atoms with Gasteiger partial charge in [-0.25, -0.2) is 4.39 Å². The van der Waals surface area contributed by atoms with Gasteiger partial charge in [0.15, 0.2) is 0 Å². The maximum atomic E-state index is 12.4. The maximum absolute atomic E-state index is 12.4. The molecule has 0 radical (unpaired) electrons. The van der Waals surface area contributed by atoms with Gasteiger partial charge in [-0.2, -0.15) is 0 Å². The number of nitrogens with one attached hydrogen (secondary N) is 1. The number of carbonyl (C=O) groups excluding carboxylic acids is 1. The summed E-state index contributed by atoms with van der Waals surface area (Å²) in [5.74, 6) is 0.444. The molecule has 0 aliphatic carbocycles. The highest BCUT2D eigenvalue weighted by atomic mass is 19.1. The van der Waals surface area contributed by atoms with Gasteiger partial charge in [-0.3, -0.25) is 4.79 Å². The van der Waals surface area contributed by atoms with Crippen LogP contribution in [0, 0.1) is 5.41 Å². The van der Waals surface area contributed by atoms with Crippen molar-refractivity contribution in [1.82, 2.24) is 0 Å². The molecule has 3 N–H and O–H groups in total. The van der Waals surface area contributed by atoms with Gasteiger partial charge >= 0.3 is 0 Å². The van der Waals surface area contributed by atoms with Crippen molar-refractivity contribution in [2.75, 3.05) is 25.1 Å². The summed E-state index contributed by atoms with van der Waals surface area (Å²) in [4.78, 5) is 12.4. The van der Waals surface area contributed by atoms with Gasteiger partial charge in [-0.05, 0) is 25.0 Å². The van der Waals surface area contributed by atoms with Gasteiger partial charge < -0.3 is 15.8 Å². The third kappa shape index (κ3) is 3.93. The topological polar surface area (TPSA) is 64.4 Å². The summed E-state index contributed by atoms with van der Waals surface area (Å²) < 4.78 is 17.3. The van der Waals surface area contributed by atoms with Crippen LogP contribution in [-0.4, -0.2) is 25.7 Å². The highest BCUT2D eigenvalue weighted by molar-refractivity contribution is 5.95. The number of halogens is 1. The third-order valence-corrected chi connectivity index (χ3v) is 3.66. The van der Waals surface area contributed by atoms with Crippen molar-refractivity contribution in [2.24, 2.45) is 11.1 Å². The second-order valence-electron chi connectivity index (χ2n) is 4.71. The third-order valence-electron chi connectivity index (χ3n) is 3.66. The van der Waals surface area contributed by atoms with Crippen molar-refractivity contribution >= 4 is 11.6 Å². The second-order valence-corrected chi connectivity index (χ2v) is 4.71. The van der Waals surface area contributed by atoms with Gasteiger partial charge in [0.2, 0.25) is 5.91 Å². The van der Waals surface area contributed by atoms with Crippen LogP contribution in [0.2, 0.25) is 0 Å². The molecule has 0 spiro atoms. The normalized spacial score (nSPS) is 11.2. The Morgan fingerprint density at radius 2 is 2.10 bits per heavy atom. The Bertz CT molecular complexity index is 425. The van der Waals surface area contributed by atoms with Crippen LogP contribution in [-0.2, 0) is 4.79 Å². The Labute approximate surface area is 119 Å². The average molecular weight is 282 g/mol. The Morgan fingerprint density at radius 3 is 2.65 bits per heavy atom. The molecule has 0 aliphatic rings. The zero-order valence-corrected chi connectivity index (χ0v) is 12.1. The largest absolute Gasteiger partial charge is 0.491 e. The van der Waals surface area contributed by atoms with Gasteiger partial charge in [-0.15, -0.1) is 0 Å². The van der Waals surface area contributed by atoms with Crippen molar-refractivity contribution in [2.45, 2.75) is 26.7 Å². The van der Waals surface area contributed by atoms with Crippen LogP contribution in [0.1, 0.15) is 26.7 Å². The number of benzene rings is 1. The lowest BCUT2D eigenvalue weighted by Crippen LogP contribution is -2.41. The number of amides is 1. The summed E-state index contributed by atoms with van der Waals surface area (Å²) in [6, 6.07) is 6.93. The fourth-order valence-corrected chi connectivity index (χ4v) is 2.04. The molecular weight excluding hydrogens is 259 g/mol. The van der Waals surface area contributed by atoms with E-state index in [-0.39, 0.29) is 12.5 Å². The van der Waals surface area contributed by atoms with E-state index in [0.717, 1.165) is 0 Å². The molecular formula is C15H23FN2O2. The van der Waals surface area contributed by atoms with Crippen LogP contribution in [0.5, 0.6) is 5.75 Å². The molecule has 1 amide bonds. The molecule has 1 aromatic rings. The number of carbonyl (C=O) groups is 1. The van der Waals surface area contributed by atoms with Gasteiger partial charge in [-0.1, -0.05) is 19.9 Å². The molecule has 0 aromatic heterocycles. The Kier molecular flexibility index (Phi) is 6.45. The van der Waals surface area contributed by atoms with E-state index in [2.05, 4.69) is 5.32 Å². The first-order chi connectivity index (χ1) is 9.61. The number of alkyl halides is 1. The van der Waals surface area contributed by atoms with E-state index in [1.54, 1.807) is 24.3 Å². The molecule has 20 heavy (non-hydrogen) atoms. The summed E-state index contributed by atoms with van der Waals surface area (Å²) in [5.41, 5.74) is 5.84. The predicted octanol–water partition coefficient (Wildman–Crippen LogP) is 2.74. The number of hydrogen-bond acceptors (Lipinski definition) is 3. The highest BCUT2D eigenvalue weighted by Crippen LogP contribution is 2.27. The number of ether oxygens (including phenoxy) is 1. The monoisotopic (exact) mass is 282 g/mol. The summed E-state index contributed by atoms with van der Waals surface area (Å²) in [6.45, 7) is 3.68. The molecule has 0 heterocycles. The van der Waals surface area contributed by atoms with E-state index in [1.807, 2.05) is 13.8 Å². The van der Waals surface area contributed by atoms with Crippen LogP contribution < -0.4 is 15.8 Å². The molecule has 0 fully saturated rings. The van der Waals surface area contributed by atoms with Crippen molar-refractivity contribution in [3.05, 3.63) is 24.3 Å². The molecule has 1 rings (SSSR count). The quantitative estimate of drug-likeness (QED) is 0.770. The first kappa shape index (κ1) is 16.4. The zero-order valence-electron chi connectivity index (χ0n) is 12.1. The fraction of sp³-hybridized carbons (Fsp3) is 0.533. The van der Waals surface area contributed by atoms with E-state index in [4.69, 9.17) is 10.5 Å². The Morgan fingerprint density at radius 1 is 1.40 bits per heavy atom. The maximum Gasteiger partial charge on any atom is 0.231 e. The van der Waals surface area contributed by atoms with Gasteiger partial charge in [0.1, 0.15) is 19.0 Å². The molecule has 0 bridgehead atoms. The lowest BCUT2D eigenvalue weighted by atomic mass is 9.81. The molecule has 0 saturated heterocycles. The number of nitrogens with two attached hydrogens (primary N) is 1. The molecule has 1 aromatic carbocycles. The standard InChI is InChI=1S/C15H23FN2O2/c1-3-15(4-2,11-17)14(19)18-12-6-5-7-13(10-12)20-9-8-16/h5-7,10H,3-4,8-9,11,17H2,1-2H3,(H,18,19). The molecule has 0 aliphatic heterocycles. The zero-order chi connectivity index (χ0) is 15.0. The smallest absolute Gasteiger partial charge is 0.231 e. The van der Waals surface area contributed by atoms with Crippen molar-refractivity contribution in [1.29, 1.82) is 0 Å². The fourth-order valence-electron chi connectivity index (χ4n) is 2.04. The second kappa shape index (κ2) is 7.85. The first-order valence-electron chi connectivity index (χ1n) is 6.92. The molecule has 5 heteroatoms. The van der Waals surface area contributed by atoms with E-state index in [9.17, 15) is 9.18 Å². The lowest BCUT2D eigenvalue weighted by Gasteiger charge is -2.28. The van der Waals surface area contributed by atoms with E-state index in [1.165, 1.54) is 0 Å². The van der Waals surface area contributed by atoms with Crippen LogP contribution >= 0.6 is 0 Å².